The Labute approximate surface area is 97.2 Å². The lowest BCUT2D eigenvalue weighted by molar-refractivity contribution is 0.413. The van der Waals surface area contributed by atoms with Crippen LogP contribution in [-0.2, 0) is 0 Å². The predicted molar refractivity (Wildman–Crippen MR) is 71.2 cm³/mol. The Balaban J connectivity index is 3.50. The van der Waals surface area contributed by atoms with Gasteiger partial charge in [-0.3, -0.25) is 0 Å². The third-order valence-corrected chi connectivity index (χ3v) is 5.00. The number of hydrogen-bond donors (Lipinski definition) is 0. The molecule has 0 aliphatic heterocycles. The van der Waals surface area contributed by atoms with Crippen LogP contribution >= 0.6 is 21.6 Å². The van der Waals surface area contributed by atoms with Crippen LogP contribution in [-0.4, -0.2) is 61.6 Å². The lowest BCUT2D eigenvalue weighted by Gasteiger charge is -2.19. The third-order valence-electron chi connectivity index (χ3n) is 1.63. The van der Waals surface area contributed by atoms with Crippen molar-refractivity contribution in [3.8, 4) is 0 Å². The smallest absolute Gasteiger partial charge is 0.0250 e. The highest BCUT2D eigenvalue weighted by molar-refractivity contribution is 8.77. The zero-order valence-corrected chi connectivity index (χ0v) is 11.9. The second-order valence-electron chi connectivity index (χ2n) is 4.34. The summed E-state index contributed by atoms with van der Waals surface area (Å²) in [5, 5.41) is 1.42. The molecule has 86 valence electrons. The topological polar surface area (TPSA) is 6.48 Å². The highest BCUT2D eigenvalue weighted by Gasteiger charge is 2.09. The van der Waals surface area contributed by atoms with Gasteiger partial charge in [0.05, 0.1) is 0 Å². The predicted octanol–water partition coefficient (Wildman–Crippen LogP) is 2.27. The molecule has 0 fully saturated rings. The van der Waals surface area contributed by atoms with E-state index < -0.39 is 0 Å². The van der Waals surface area contributed by atoms with Gasteiger partial charge in [-0.15, -0.1) is 0 Å². The summed E-state index contributed by atoms with van der Waals surface area (Å²) in [6.45, 7) is 6.90. The van der Waals surface area contributed by atoms with E-state index in [9.17, 15) is 0 Å². The molecule has 0 saturated heterocycles. The molecule has 2 atom stereocenters. The summed E-state index contributed by atoms with van der Waals surface area (Å²) in [5.41, 5.74) is 0. The van der Waals surface area contributed by atoms with Crippen LogP contribution in [0.1, 0.15) is 13.8 Å². The van der Waals surface area contributed by atoms with Gasteiger partial charge in [0.25, 0.3) is 0 Å². The summed E-state index contributed by atoms with van der Waals surface area (Å²) in [4.78, 5) is 4.49. The van der Waals surface area contributed by atoms with Crippen molar-refractivity contribution in [2.24, 2.45) is 0 Å². The average Bonchev–Trinajstić information content (AvgIpc) is 1.98. The molecule has 0 aromatic heterocycles. The maximum atomic E-state index is 2.29. The van der Waals surface area contributed by atoms with Gasteiger partial charge in [-0.1, -0.05) is 35.4 Å². The van der Waals surface area contributed by atoms with E-state index in [0.29, 0.717) is 10.5 Å². The van der Waals surface area contributed by atoms with Crippen LogP contribution in [0.5, 0.6) is 0 Å². The lowest BCUT2D eigenvalue weighted by Crippen LogP contribution is -2.23. The standard InChI is InChI=1S/C10H24N2S2/c1-9(7-11(3)4)13-14-10(2)8-12(5)6/h9-10H,7-8H2,1-6H3. The number of nitrogens with zero attached hydrogens (tertiary/aromatic N) is 2. The highest BCUT2D eigenvalue weighted by Crippen LogP contribution is 2.31. The Hall–Kier alpha value is 0.620. The Bertz CT molecular complexity index is 124. The molecular formula is C10H24N2S2. The molecule has 0 spiro atoms. The van der Waals surface area contributed by atoms with Crippen LogP contribution in [0.4, 0.5) is 0 Å². The summed E-state index contributed by atoms with van der Waals surface area (Å²) >= 11 is 0. The van der Waals surface area contributed by atoms with E-state index in [4.69, 9.17) is 0 Å². The van der Waals surface area contributed by atoms with E-state index in [2.05, 4.69) is 51.8 Å². The van der Waals surface area contributed by atoms with Gasteiger partial charge in [0.1, 0.15) is 0 Å². The molecule has 2 unspecified atom stereocenters. The van der Waals surface area contributed by atoms with Crippen molar-refractivity contribution >= 4 is 21.6 Å². The van der Waals surface area contributed by atoms with Gasteiger partial charge in [0.2, 0.25) is 0 Å². The van der Waals surface area contributed by atoms with Gasteiger partial charge in [0.15, 0.2) is 0 Å². The lowest BCUT2D eigenvalue weighted by atomic mass is 10.4. The van der Waals surface area contributed by atoms with E-state index >= 15 is 0 Å². The summed E-state index contributed by atoms with van der Waals surface area (Å²) < 4.78 is 0. The number of rotatable bonds is 7. The second-order valence-corrected chi connectivity index (χ2v) is 7.49. The molecule has 0 heterocycles. The maximum Gasteiger partial charge on any atom is 0.0250 e. The van der Waals surface area contributed by atoms with Crippen molar-refractivity contribution in [3.05, 3.63) is 0 Å². The maximum absolute atomic E-state index is 2.29. The van der Waals surface area contributed by atoms with Crippen LogP contribution in [0.25, 0.3) is 0 Å². The molecule has 14 heavy (non-hydrogen) atoms. The summed E-state index contributed by atoms with van der Waals surface area (Å²) in [6.07, 6.45) is 0. The largest absolute Gasteiger partial charge is 0.308 e. The monoisotopic (exact) mass is 236 g/mol. The molecule has 4 heteroatoms. The summed E-state index contributed by atoms with van der Waals surface area (Å²) in [5.74, 6) is 0. The molecule has 0 saturated carbocycles. The minimum Gasteiger partial charge on any atom is -0.308 e. The molecule has 0 radical (unpaired) electrons. The van der Waals surface area contributed by atoms with Gasteiger partial charge in [-0.05, 0) is 28.2 Å². The first-order chi connectivity index (χ1) is 6.41. The Morgan fingerprint density at radius 3 is 1.29 bits per heavy atom. The molecule has 0 aliphatic rings. The first-order valence-electron chi connectivity index (χ1n) is 5.03. The summed E-state index contributed by atoms with van der Waals surface area (Å²) in [7, 11) is 12.5. The first-order valence-corrected chi connectivity index (χ1v) is 7.31. The van der Waals surface area contributed by atoms with Crippen molar-refractivity contribution in [3.63, 3.8) is 0 Å². The van der Waals surface area contributed by atoms with Crippen LogP contribution in [0, 0.1) is 0 Å². The van der Waals surface area contributed by atoms with Crippen LogP contribution in [0.15, 0.2) is 0 Å². The van der Waals surface area contributed by atoms with E-state index in [-0.39, 0.29) is 0 Å². The SMILES string of the molecule is CC(CN(C)C)SSC(C)CN(C)C. The molecule has 0 aromatic rings. The Morgan fingerprint density at radius 2 is 1.07 bits per heavy atom. The van der Waals surface area contributed by atoms with Crippen LogP contribution in [0.3, 0.4) is 0 Å². The van der Waals surface area contributed by atoms with Gasteiger partial charge < -0.3 is 9.80 Å². The normalized spacial score (nSPS) is 16.3. The zero-order chi connectivity index (χ0) is 11.1. The van der Waals surface area contributed by atoms with Crippen LogP contribution in [0.2, 0.25) is 0 Å². The molecule has 0 N–H and O–H groups in total. The fourth-order valence-electron chi connectivity index (χ4n) is 1.28. The molecular weight excluding hydrogens is 212 g/mol. The van der Waals surface area contributed by atoms with Crippen molar-refractivity contribution < 1.29 is 0 Å². The average molecular weight is 236 g/mol. The van der Waals surface area contributed by atoms with E-state index in [1.807, 2.05) is 21.6 Å². The first kappa shape index (κ1) is 14.6. The van der Waals surface area contributed by atoms with E-state index in [1.165, 1.54) is 0 Å². The van der Waals surface area contributed by atoms with E-state index in [0.717, 1.165) is 13.1 Å². The molecule has 0 bridgehead atoms. The summed E-state index contributed by atoms with van der Waals surface area (Å²) in [6, 6.07) is 0. The number of hydrogen-bond acceptors (Lipinski definition) is 4. The van der Waals surface area contributed by atoms with Gasteiger partial charge >= 0.3 is 0 Å². The third kappa shape index (κ3) is 9.19. The van der Waals surface area contributed by atoms with Gasteiger partial charge in [-0.25, -0.2) is 0 Å². The molecule has 2 nitrogen and oxygen atoms in total. The zero-order valence-electron chi connectivity index (χ0n) is 10.3. The van der Waals surface area contributed by atoms with Crippen molar-refractivity contribution in [2.45, 2.75) is 24.3 Å². The Morgan fingerprint density at radius 1 is 0.786 bits per heavy atom. The van der Waals surface area contributed by atoms with Crippen molar-refractivity contribution in [1.82, 2.24) is 9.80 Å². The highest BCUT2D eigenvalue weighted by atomic mass is 33.1. The molecule has 0 rings (SSSR count). The Kier molecular flexibility index (Phi) is 8.20. The fraction of sp³-hybridized carbons (Fsp3) is 1.00. The van der Waals surface area contributed by atoms with Crippen molar-refractivity contribution in [1.29, 1.82) is 0 Å². The minimum atomic E-state index is 0.708. The molecule has 0 aromatic carbocycles. The minimum absolute atomic E-state index is 0.708. The van der Waals surface area contributed by atoms with E-state index in [1.54, 1.807) is 0 Å². The van der Waals surface area contributed by atoms with Crippen molar-refractivity contribution in [2.75, 3.05) is 41.3 Å². The second kappa shape index (κ2) is 7.85. The quantitative estimate of drug-likeness (QED) is 0.625. The molecule has 0 aliphatic carbocycles. The molecule has 0 amide bonds. The van der Waals surface area contributed by atoms with Crippen LogP contribution < -0.4 is 0 Å². The fourth-order valence-corrected chi connectivity index (χ4v) is 3.88. The van der Waals surface area contributed by atoms with Gasteiger partial charge in [0, 0.05) is 23.6 Å². The van der Waals surface area contributed by atoms with Gasteiger partial charge in [-0.2, -0.15) is 0 Å².